The van der Waals surface area contributed by atoms with Crippen molar-refractivity contribution in [1.29, 1.82) is 0 Å². The van der Waals surface area contributed by atoms with Gasteiger partial charge in [-0.3, -0.25) is 0 Å². The molecule has 0 saturated heterocycles. The minimum absolute atomic E-state index is 0.142. The molecule has 0 amide bonds. The van der Waals surface area contributed by atoms with Gasteiger partial charge in [0.1, 0.15) is 17.2 Å². The van der Waals surface area contributed by atoms with E-state index in [1.165, 1.54) is 6.07 Å². The molecule has 0 saturated carbocycles. The smallest absolute Gasteiger partial charge is 0.138 e. The minimum Gasteiger partial charge on any atom is -0.456 e. The first-order valence-corrected chi connectivity index (χ1v) is 7.12. The zero-order valence-electron chi connectivity index (χ0n) is 11.8. The molecule has 2 nitrogen and oxygen atoms in total. The maximum Gasteiger partial charge on any atom is 0.138 e. The van der Waals surface area contributed by atoms with E-state index in [1.807, 2.05) is 32.2 Å². The van der Waals surface area contributed by atoms with Crippen molar-refractivity contribution in [3.8, 4) is 11.3 Å². The molecule has 0 spiro atoms. The van der Waals surface area contributed by atoms with Crippen molar-refractivity contribution in [2.45, 2.75) is 13.0 Å². The fourth-order valence-corrected chi connectivity index (χ4v) is 2.50. The van der Waals surface area contributed by atoms with Crippen LogP contribution in [0.2, 0.25) is 5.02 Å². The lowest BCUT2D eigenvalue weighted by Gasteiger charge is -2.11. The van der Waals surface area contributed by atoms with Crippen LogP contribution in [0.3, 0.4) is 0 Å². The van der Waals surface area contributed by atoms with Crippen molar-refractivity contribution >= 4 is 22.6 Å². The van der Waals surface area contributed by atoms with E-state index < -0.39 is 0 Å². The minimum atomic E-state index is -0.299. The third-order valence-electron chi connectivity index (χ3n) is 3.67. The number of nitrogens with one attached hydrogen (secondary N) is 1. The van der Waals surface area contributed by atoms with Crippen molar-refractivity contribution in [2.24, 2.45) is 0 Å². The summed E-state index contributed by atoms with van der Waals surface area (Å²) in [7, 11) is 1.87. The molecule has 0 aliphatic carbocycles. The molecule has 0 bridgehead atoms. The molecule has 1 atom stereocenters. The second kappa shape index (κ2) is 5.51. The number of hydrogen-bond acceptors (Lipinski definition) is 2. The molecule has 3 aromatic rings. The largest absolute Gasteiger partial charge is 0.456 e. The third-order valence-corrected chi connectivity index (χ3v) is 3.90. The van der Waals surface area contributed by atoms with Crippen molar-refractivity contribution in [3.63, 3.8) is 0 Å². The Kier molecular flexibility index (Phi) is 3.70. The first-order valence-electron chi connectivity index (χ1n) is 6.74. The van der Waals surface area contributed by atoms with Crippen LogP contribution in [0.1, 0.15) is 18.5 Å². The molecule has 21 heavy (non-hydrogen) atoms. The molecule has 1 N–H and O–H groups in total. The summed E-state index contributed by atoms with van der Waals surface area (Å²) in [6.07, 6.45) is 0. The van der Waals surface area contributed by atoms with Crippen LogP contribution in [0.25, 0.3) is 22.3 Å². The second-order valence-corrected chi connectivity index (χ2v) is 5.48. The third kappa shape index (κ3) is 2.67. The van der Waals surface area contributed by atoms with Crippen LogP contribution in [-0.2, 0) is 0 Å². The van der Waals surface area contributed by atoms with Crippen molar-refractivity contribution in [2.75, 3.05) is 7.05 Å². The number of rotatable bonds is 3. The van der Waals surface area contributed by atoms with Gasteiger partial charge in [-0.1, -0.05) is 17.7 Å². The number of hydrogen-bond donors (Lipinski definition) is 1. The molecule has 0 fully saturated rings. The predicted molar refractivity (Wildman–Crippen MR) is 84.1 cm³/mol. The summed E-state index contributed by atoms with van der Waals surface area (Å²) in [5, 5.41) is 4.64. The topological polar surface area (TPSA) is 25.2 Å². The molecular formula is C17H15ClFNO. The Morgan fingerprint density at radius 2 is 1.95 bits per heavy atom. The van der Waals surface area contributed by atoms with Crippen LogP contribution in [0, 0.1) is 5.82 Å². The lowest BCUT2D eigenvalue weighted by Crippen LogP contribution is -2.12. The highest BCUT2D eigenvalue weighted by Gasteiger charge is 2.13. The molecular weight excluding hydrogens is 289 g/mol. The van der Waals surface area contributed by atoms with Gasteiger partial charge in [-0.2, -0.15) is 0 Å². The Hall–Kier alpha value is -1.84. The number of halogens is 2. The van der Waals surface area contributed by atoms with Gasteiger partial charge in [0.15, 0.2) is 0 Å². The summed E-state index contributed by atoms with van der Waals surface area (Å²) in [5.41, 5.74) is 2.16. The highest BCUT2D eigenvalue weighted by Crippen LogP contribution is 2.32. The zero-order valence-corrected chi connectivity index (χ0v) is 12.5. The van der Waals surface area contributed by atoms with E-state index >= 15 is 0 Å². The van der Waals surface area contributed by atoms with E-state index in [4.69, 9.17) is 16.0 Å². The highest BCUT2D eigenvalue weighted by atomic mass is 35.5. The van der Waals surface area contributed by atoms with Crippen LogP contribution in [0.4, 0.5) is 4.39 Å². The average molecular weight is 304 g/mol. The first kappa shape index (κ1) is 14.1. The van der Waals surface area contributed by atoms with Crippen LogP contribution in [0.15, 0.2) is 46.9 Å². The summed E-state index contributed by atoms with van der Waals surface area (Å²) in [6, 6.07) is 12.4. The van der Waals surface area contributed by atoms with E-state index in [1.54, 1.807) is 18.2 Å². The van der Waals surface area contributed by atoms with Gasteiger partial charge < -0.3 is 9.73 Å². The summed E-state index contributed by atoms with van der Waals surface area (Å²) < 4.78 is 19.9. The van der Waals surface area contributed by atoms with Gasteiger partial charge in [0.25, 0.3) is 0 Å². The fraction of sp³-hybridized carbons (Fsp3) is 0.176. The zero-order chi connectivity index (χ0) is 15.0. The van der Waals surface area contributed by atoms with Crippen LogP contribution in [0.5, 0.6) is 0 Å². The second-order valence-electron chi connectivity index (χ2n) is 5.04. The molecule has 4 heteroatoms. The summed E-state index contributed by atoms with van der Waals surface area (Å²) in [5.74, 6) is 0.210. The Balaban J connectivity index is 2.12. The van der Waals surface area contributed by atoms with Crippen molar-refractivity contribution < 1.29 is 8.81 Å². The summed E-state index contributed by atoms with van der Waals surface area (Å²) in [4.78, 5) is 0. The quantitative estimate of drug-likeness (QED) is 0.722. The molecule has 1 aromatic heterocycles. The monoisotopic (exact) mass is 303 g/mol. The molecule has 3 rings (SSSR count). The van der Waals surface area contributed by atoms with Crippen molar-refractivity contribution in [3.05, 3.63) is 58.9 Å². The van der Waals surface area contributed by atoms with Crippen molar-refractivity contribution in [1.82, 2.24) is 5.32 Å². The molecule has 0 aliphatic heterocycles. The first-order chi connectivity index (χ1) is 10.1. The van der Waals surface area contributed by atoms with Gasteiger partial charge in [-0.25, -0.2) is 4.39 Å². The molecule has 1 unspecified atom stereocenters. The number of fused-ring (bicyclic) bond motifs is 1. The van der Waals surface area contributed by atoms with Crippen LogP contribution >= 0.6 is 11.6 Å². The van der Waals surface area contributed by atoms with E-state index in [0.29, 0.717) is 21.9 Å². The Bertz CT molecular complexity index is 797. The number of benzene rings is 2. The van der Waals surface area contributed by atoms with Gasteiger partial charge >= 0.3 is 0 Å². The summed E-state index contributed by atoms with van der Waals surface area (Å²) in [6.45, 7) is 2.02. The molecule has 2 aromatic carbocycles. The van der Waals surface area contributed by atoms with Crippen LogP contribution in [-0.4, -0.2) is 7.05 Å². The molecule has 0 aliphatic rings. The van der Waals surface area contributed by atoms with Gasteiger partial charge in [0.05, 0.1) is 5.56 Å². The number of furan rings is 1. The van der Waals surface area contributed by atoms with Crippen LogP contribution < -0.4 is 5.32 Å². The predicted octanol–water partition coefficient (Wildman–Crippen LogP) is 5.17. The Labute approximate surface area is 127 Å². The lowest BCUT2D eigenvalue weighted by molar-refractivity contribution is 0.597. The Morgan fingerprint density at radius 1 is 1.14 bits per heavy atom. The van der Waals surface area contributed by atoms with E-state index in [2.05, 4.69) is 5.32 Å². The van der Waals surface area contributed by atoms with Gasteiger partial charge in [0.2, 0.25) is 0 Å². The SMILES string of the molecule is CNC(C)c1ccc(F)c(-c2cc3cc(Cl)ccc3o2)c1. The van der Waals surface area contributed by atoms with Gasteiger partial charge in [0, 0.05) is 16.5 Å². The summed E-state index contributed by atoms with van der Waals surface area (Å²) >= 11 is 5.97. The lowest BCUT2D eigenvalue weighted by atomic mass is 10.0. The average Bonchev–Trinajstić information content (AvgIpc) is 2.89. The van der Waals surface area contributed by atoms with E-state index in [9.17, 15) is 4.39 Å². The highest BCUT2D eigenvalue weighted by molar-refractivity contribution is 6.31. The molecule has 0 radical (unpaired) electrons. The normalized spacial score (nSPS) is 12.8. The fourth-order valence-electron chi connectivity index (χ4n) is 2.31. The molecule has 1 heterocycles. The van der Waals surface area contributed by atoms with Gasteiger partial charge in [-0.05, 0) is 55.9 Å². The molecule has 108 valence electrons. The van der Waals surface area contributed by atoms with Gasteiger partial charge in [-0.15, -0.1) is 0 Å². The Morgan fingerprint density at radius 3 is 2.71 bits per heavy atom. The maximum atomic E-state index is 14.1. The maximum absolute atomic E-state index is 14.1. The van der Waals surface area contributed by atoms with E-state index in [-0.39, 0.29) is 11.9 Å². The standard InChI is InChI=1S/C17H15ClFNO/c1-10(20-2)11-3-5-15(19)14(8-11)17-9-12-7-13(18)4-6-16(12)21-17/h3-10,20H,1-2H3. The van der Waals surface area contributed by atoms with E-state index in [0.717, 1.165) is 10.9 Å².